The van der Waals surface area contributed by atoms with Gasteiger partial charge in [0.15, 0.2) is 5.65 Å². The van der Waals surface area contributed by atoms with E-state index in [1.165, 1.54) is 25.0 Å². The molecule has 1 aliphatic carbocycles. The van der Waals surface area contributed by atoms with Gasteiger partial charge in [-0.25, -0.2) is 9.97 Å². The van der Waals surface area contributed by atoms with Crippen LogP contribution in [0.3, 0.4) is 0 Å². The molecule has 4 nitrogen and oxygen atoms in total. The summed E-state index contributed by atoms with van der Waals surface area (Å²) in [6, 6.07) is 0.577. The molecule has 1 aliphatic rings. The Hall–Kier alpha value is -0.940. The van der Waals surface area contributed by atoms with Crippen LogP contribution in [0.4, 0.5) is 0 Å². The lowest BCUT2D eigenvalue weighted by atomic mass is 10.1. The average molecular weight is 309 g/mol. The topological polar surface area (TPSA) is 42.2 Å². The first-order valence-electron chi connectivity index (χ1n) is 6.43. The van der Waals surface area contributed by atoms with E-state index in [2.05, 4.69) is 42.5 Å². The maximum absolute atomic E-state index is 4.35. The summed E-state index contributed by atoms with van der Waals surface area (Å²) in [5.74, 6) is 0.966. The molecule has 0 spiro atoms. The normalized spacial score (nSPS) is 17.2. The zero-order valence-electron chi connectivity index (χ0n) is 10.4. The number of nitrogens with zero attached hydrogens (tertiary/aromatic N) is 3. The molecular weight excluding hydrogens is 292 g/mol. The van der Waals surface area contributed by atoms with E-state index in [4.69, 9.17) is 0 Å². The van der Waals surface area contributed by atoms with Gasteiger partial charge in [-0.05, 0) is 35.2 Å². The third kappa shape index (κ3) is 2.72. The molecule has 1 unspecified atom stereocenters. The van der Waals surface area contributed by atoms with Crippen molar-refractivity contribution >= 4 is 21.6 Å². The number of imidazole rings is 1. The van der Waals surface area contributed by atoms with E-state index in [-0.39, 0.29) is 0 Å². The van der Waals surface area contributed by atoms with E-state index in [1.807, 2.05) is 12.4 Å². The Labute approximate surface area is 115 Å². The highest BCUT2D eigenvalue weighted by Crippen LogP contribution is 2.33. The number of hydrogen-bond donors (Lipinski definition) is 1. The van der Waals surface area contributed by atoms with Gasteiger partial charge in [0.2, 0.25) is 0 Å². The number of rotatable bonds is 5. The summed E-state index contributed by atoms with van der Waals surface area (Å²) in [7, 11) is 0. The summed E-state index contributed by atoms with van der Waals surface area (Å²) in [6.45, 7) is 3.12. The van der Waals surface area contributed by atoms with Gasteiger partial charge < -0.3 is 5.32 Å². The van der Waals surface area contributed by atoms with Gasteiger partial charge in [-0.1, -0.05) is 12.8 Å². The SMILES string of the molecule is CC(CC1CC1)NCc1cnc2cnc(Br)cn12. The Morgan fingerprint density at radius 1 is 1.44 bits per heavy atom. The van der Waals surface area contributed by atoms with Crippen LogP contribution in [-0.4, -0.2) is 20.4 Å². The molecular formula is C13H17BrN4. The lowest BCUT2D eigenvalue weighted by Crippen LogP contribution is -2.26. The highest BCUT2D eigenvalue weighted by molar-refractivity contribution is 9.10. The van der Waals surface area contributed by atoms with Crippen LogP contribution in [0.25, 0.3) is 5.65 Å². The van der Waals surface area contributed by atoms with Crippen LogP contribution in [-0.2, 0) is 6.54 Å². The first kappa shape index (κ1) is 12.1. The lowest BCUT2D eigenvalue weighted by Gasteiger charge is -2.12. The second-order valence-electron chi connectivity index (χ2n) is 5.15. The van der Waals surface area contributed by atoms with Crippen molar-refractivity contribution in [2.24, 2.45) is 5.92 Å². The van der Waals surface area contributed by atoms with E-state index in [0.29, 0.717) is 6.04 Å². The van der Waals surface area contributed by atoms with Crippen LogP contribution in [0, 0.1) is 5.92 Å². The van der Waals surface area contributed by atoms with E-state index in [0.717, 1.165) is 22.7 Å². The van der Waals surface area contributed by atoms with Crippen LogP contribution in [0.15, 0.2) is 23.2 Å². The Bertz CT molecular complexity index is 547. The van der Waals surface area contributed by atoms with Crippen molar-refractivity contribution in [1.29, 1.82) is 0 Å². The van der Waals surface area contributed by atoms with E-state index in [1.54, 1.807) is 6.20 Å². The summed E-state index contributed by atoms with van der Waals surface area (Å²) >= 11 is 3.39. The summed E-state index contributed by atoms with van der Waals surface area (Å²) in [6.07, 6.45) is 9.79. The van der Waals surface area contributed by atoms with Gasteiger partial charge in [0, 0.05) is 18.8 Å². The van der Waals surface area contributed by atoms with E-state index in [9.17, 15) is 0 Å². The molecule has 0 aliphatic heterocycles. The summed E-state index contributed by atoms with van der Waals surface area (Å²) < 4.78 is 2.91. The molecule has 0 saturated heterocycles. The average Bonchev–Trinajstić information content (AvgIpc) is 3.06. The number of halogens is 1. The minimum Gasteiger partial charge on any atom is -0.309 e. The summed E-state index contributed by atoms with van der Waals surface area (Å²) in [5, 5.41) is 3.57. The molecule has 1 N–H and O–H groups in total. The lowest BCUT2D eigenvalue weighted by molar-refractivity contribution is 0.483. The molecule has 3 rings (SSSR count). The van der Waals surface area contributed by atoms with Crippen molar-refractivity contribution in [2.45, 2.75) is 38.8 Å². The third-order valence-corrected chi connectivity index (χ3v) is 3.87. The van der Waals surface area contributed by atoms with Gasteiger partial charge in [0.05, 0.1) is 18.1 Å². The largest absolute Gasteiger partial charge is 0.309 e. The molecule has 96 valence electrons. The Balaban J connectivity index is 1.67. The maximum atomic E-state index is 4.35. The number of aromatic nitrogens is 3. The van der Waals surface area contributed by atoms with Crippen LogP contribution in [0.5, 0.6) is 0 Å². The molecule has 5 heteroatoms. The summed E-state index contributed by atoms with van der Waals surface area (Å²) in [5.41, 5.74) is 2.07. The highest BCUT2D eigenvalue weighted by atomic mass is 79.9. The van der Waals surface area contributed by atoms with Crippen molar-refractivity contribution in [3.63, 3.8) is 0 Å². The van der Waals surface area contributed by atoms with Crippen LogP contribution >= 0.6 is 15.9 Å². The first-order valence-corrected chi connectivity index (χ1v) is 7.22. The molecule has 18 heavy (non-hydrogen) atoms. The van der Waals surface area contributed by atoms with E-state index < -0.39 is 0 Å². The molecule has 1 saturated carbocycles. The quantitative estimate of drug-likeness (QED) is 0.923. The zero-order chi connectivity index (χ0) is 12.5. The van der Waals surface area contributed by atoms with Crippen molar-refractivity contribution in [2.75, 3.05) is 0 Å². The van der Waals surface area contributed by atoms with Gasteiger partial charge in [-0.3, -0.25) is 4.40 Å². The fourth-order valence-corrected chi connectivity index (χ4v) is 2.57. The maximum Gasteiger partial charge on any atom is 0.155 e. The Morgan fingerprint density at radius 3 is 3.06 bits per heavy atom. The van der Waals surface area contributed by atoms with Crippen LogP contribution in [0.2, 0.25) is 0 Å². The third-order valence-electron chi connectivity index (χ3n) is 3.46. The standard InChI is InChI=1S/C13H17BrN4/c1-9(4-10-2-3-10)15-5-11-6-17-13-7-16-12(14)8-18(11)13/h6-10,15H,2-5H2,1H3. The molecule has 2 heterocycles. The van der Waals surface area contributed by atoms with E-state index >= 15 is 0 Å². The molecule has 1 atom stereocenters. The molecule has 2 aromatic rings. The van der Waals surface area contributed by atoms with Crippen molar-refractivity contribution < 1.29 is 0 Å². The molecule has 1 fully saturated rings. The molecule has 2 aromatic heterocycles. The second kappa shape index (κ2) is 4.97. The zero-order valence-corrected chi connectivity index (χ0v) is 12.0. The molecule has 0 aromatic carbocycles. The van der Waals surface area contributed by atoms with Gasteiger partial charge in [0.1, 0.15) is 4.60 Å². The molecule has 0 bridgehead atoms. The predicted molar refractivity (Wildman–Crippen MR) is 74.3 cm³/mol. The monoisotopic (exact) mass is 308 g/mol. The van der Waals surface area contributed by atoms with Crippen molar-refractivity contribution in [1.82, 2.24) is 19.7 Å². The Kier molecular flexibility index (Phi) is 3.35. The minimum atomic E-state index is 0.577. The first-order chi connectivity index (χ1) is 8.72. The van der Waals surface area contributed by atoms with Crippen molar-refractivity contribution in [3.8, 4) is 0 Å². The predicted octanol–water partition coefficient (Wildman–Crippen LogP) is 2.77. The molecule has 0 amide bonds. The smallest absolute Gasteiger partial charge is 0.155 e. The van der Waals surface area contributed by atoms with Crippen LogP contribution in [0.1, 0.15) is 31.9 Å². The fourth-order valence-electron chi connectivity index (χ4n) is 2.26. The summed E-state index contributed by atoms with van der Waals surface area (Å²) in [4.78, 5) is 8.53. The van der Waals surface area contributed by atoms with Gasteiger partial charge in [-0.15, -0.1) is 0 Å². The number of fused-ring (bicyclic) bond motifs is 1. The molecule has 0 radical (unpaired) electrons. The fraction of sp³-hybridized carbons (Fsp3) is 0.538. The van der Waals surface area contributed by atoms with Crippen LogP contribution < -0.4 is 5.32 Å². The number of hydrogen-bond acceptors (Lipinski definition) is 3. The highest BCUT2D eigenvalue weighted by Gasteiger charge is 2.23. The van der Waals surface area contributed by atoms with Crippen molar-refractivity contribution in [3.05, 3.63) is 28.9 Å². The minimum absolute atomic E-state index is 0.577. The van der Waals surface area contributed by atoms with Gasteiger partial charge >= 0.3 is 0 Å². The van der Waals surface area contributed by atoms with Gasteiger partial charge in [-0.2, -0.15) is 0 Å². The number of nitrogens with one attached hydrogen (secondary N) is 1. The van der Waals surface area contributed by atoms with Gasteiger partial charge in [0.25, 0.3) is 0 Å². The Morgan fingerprint density at radius 2 is 2.28 bits per heavy atom. The second-order valence-corrected chi connectivity index (χ2v) is 5.96.